The fourth-order valence-corrected chi connectivity index (χ4v) is 2.35. The number of amides is 1. The van der Waals surface area contributed by atoms with Crippen LogP contribution in [0.15, 0.2) is 54.9 Å². The highest BCUT2D eigenvalue weighted by Gasteiger charge is 2.10. The quantitative estimate of drug-likeness (QED) is 0.695. The molecule has 0 spiro atoms. The molecule has 138 valence electrons. The first kappa shape index (κ1) is 18.2. The topological polar surface area (TPSA) is 76.1 Å². The molecule has 0 aliphatic carbocycles. The third-order valence-corrected chi connectivity index (χ3v) is 3.71. The fourth-order valence-electron chi connectivity index (χ4n) is 2.35. The lowest BCUT2D eigenvalue weighted by Gasteiger charge is -2.09. The van der Waals surface area contributed by atoms with Crippen molar-refractivity contribution in [3.05, 3.63) is 77.8 Å². The number of methoxy groups -OCH3 is 1. The third kappa shape index (κ3) is 4.55. The molecule has 1 amide bonds. The Hall–Kier alpha value is -3.55. The van der Waals surface area contributed by atoms with Gasteiger partial charge in [-0.1, -0.05) is 18.2 Å². The van der Waals surface area contributed by atoms with Crippen LogP contribution in [0, 0.1) is 11.6 Å². The normalized spacial score (nSPS) is 10.3. The van der Waals surface area contributed by atoms with Gasteiger partial charge in [0.25, 0.3) is 5.91 Å². The standard InChI is InChI=1S/C19H16F2N4O2/c1-27-17-5-3-2-4-12(17)9-24-19(26)16-10-23-18(11-22-16)25-13-6-7-14(20)15(21)8-13/h2-8,10-11H,9H2,1H3,(H,23,25)(H,24,26). The van der Waals surface area contributed by atoms with E-state index in [0.717, 1.165) is 17.7 Å². The van der Waals surface area contributed by atoms with Crippen LogP contribution < -0.4 is 15.4 Å². The van der Waals surface area contributed by atoms with Crippen LogP contribution in [0.5, 0.6) is 5.75 Å². The van der Waals surface area contributed by atoms with Crippen molar-refractivity contribution in [3.8, 4) is 5.75 Å². The number of rotatable bonds is 6. The maximum absolute atomic E-state index is 13.2. The zero-order valence-corrected chi connectivity index (χ0v) is 14.4. The van der Waals surface area contributed by atoms with Crippen molar-refractivity contribution < 1.29 is 18.3 Å². The average molecular weight is 370 g/mol. The number of hydrogen-bond acceptors (Lipinski definition) is 5. The molecule has 6 nitrogen and oxygen atoms in total. The molecule has 0 radical (unpaired) electrons. The summed E-state index contributed by atoms with van der Waals surface area (Å²) in [5, 5.41) is 5.52. The van der Waals surface area contributed by atoms with Gasteiger partial charge in [0.05, 0.1) is 19.5 Å². The van der Waals surface area contributed by atoms with Crippen LogP contribution in [-0.4, -0.2) is 23.0 Å². The second kappa shape index (κ2) is 8.22. The number of hydrogen-bond donors (Lipinski definition) is 2. The molecule has 1 aromatic heterocycles. The molecule has 0 fully saturated rings. The van der Waals surface area contributed by atoms with Gasteiger partial charge in [0.1, 0.15) is 17.3 Å². The van der Waals surface area contributed by atoms with E-state index in [1.165, 1.54) is 18.5 Å². The van der Waals surface area contributed by atoms with Gasteiger partial charge in [0.15, 0.2) is 11.6 Å². The van der Waals surface area contributed by atoms with Crippen molar-refractivity contribution >= 4 is 17.4 Å². The minimum atomic E-state index is -0.972. The smallest absolute Gasteiger partial charge is 0.271 e. The molecule has 0 bridgehead atoms. The first-order valence-electron chi connectivity index (χ1n) is 8.01. The SMILES string of the molecule is COc1ccccc1CNC(=O)c1cnc(Nc2ccc(F)c(F)c2)cn1. The summed E-state index contributed by atoms with van der Waals surface area (Å²) in [5.74, 6) is -1.33. The van der Waals surface area contributed by atoms with Gasteiger partial charge < -0.3 is 15.4 Å². The third-order valence-electron chi connectivity index (χ3n) is 3.71. The van der Waals surface area contributed by atoms with Crippen molar-refractivity contribution in [2.45, 2.75) is 6.54 Å². The number of benzene rings is 2. The Morgan fingerprint density at radius 2 is 1.89 bits per heavy atom. The minimum Gasteiger partial charge on any atom is -0.496 e. The highest BCUT2D eigenvalue weighted by Crippen LogP contribution is 2.18. The number of aromatic nitrogens is 2. The summed E-state index contributed by atoms with van der Waals surface area (Å²) in [6, 6.07) is 10.7. The molecule has 1 heterocycles. The minimum absolute atomic E-state index is 0.126. The molecule has 0 unspecified atom stereocenters. The van der Waals surface area contributed by atoms with Gasteiger partial charge in [-0.05, 0) is 18.2 Å². The van der Waals surface area contributed by atoms with E-state index in [4.69, 9.17) is 4.74 Å². The van der Waals surface area contributed by atoms with E-state index in [2.05, 4.69) is 20.6 Å². The van der Waals surface area contributed by atoms with Gasteiger partial charge in [-0.2, -0.15) is 0 Å². The Balaban J connectivity index is 1.62. The van der Waals surface area contributed by atoms with Gasteiger partial charge in [-0.3, -0.25) is 4.79 Å². The highest BCUT2D eigenvalue weighted by atomic mass is 19.2. The zero-order valence-electron chi connectivity index (χ0n) is 14.4. The summed E-state index contributed by atoms with van der Waals surface area (Å²) in [6.07, 6.45) is 2.62. The average Bonchev–Trinajstić information content (AvgIpc) is 2.69. The second-order valence-electron chi connectivity index (χ2n) is 5.54. The summed E-state index contributed by atoms with van der Waals surface area (Å²) in [4.78, 5) is 20.3. The van der Waals surface area contributed by atoms with Crippen LogP contribution in [0.3, 0.4) is 0 Å². The maximum Gasteiger partial charge on any atom is 0.271 e. The van der Waals surface area contributed by atoms with Crippen molar-refractivity contribution in [1.29, 1.82) is 0 Å². The molecule has 0 saturated heterocycles. The Morgan fingerprint density at radius 3 is 2.59 bits per heavy atom. The van der Waals surface area contributed by atoms with Crippen LogP contribution >= 0.6 is 0 Å². The lowest BCUT2D eigenvalue weighted by atomic mass is 10.2. The first-order valence-corrected chi connectivity index (χ1v) is 8.01. The number of para-hydroxylation sites is 1. The number of halogens is 2. The highest BCUT2D eigenvalue weighted by molar-refractivity contribution is 5.92. The van der Waals surface area contributed by atoms with E-state index in [1.54, 1.807) is 13.2 Å². The van der Waals surface area contributed by atoms with E-state index in [1.807, 2.05) is 18.2 Å². The number of nitrogens with one attached hydrogen (secondary N) is 2. The van der Waals surface area contributed by atoms with E-state index >= 15 is 0 Å². The van der Waals surface area contributed by atoms with Crippen LogP contribution in [0.2, 0.25) is 0 Å². The lowest BCUT2D eigenvalue weighted by molar-refractivity contribution is 0.0945. The predicted octanol–water partition coefficient (Wildman–Crippen LogP) is 3.44. The van der Waals surface area contributed by atoms with E-state index in [-0.39, 0.29) is 12.2 Å². The van der Waals surface area contributed by atoms with Crippen LogP contribution in [0.25, 0.3) is 0 Å². The molecular formula is C19H16F2N4O2. The Bertz CT molecular complexity index is 949. The summed E-state index contributed by atoms with van der Waals surface area (Å²) in [5.41, 5.74) is 1.27. The largest absolute Gasteiger partial charge is 0.496 e. The Morgan fingerprint density at radius 1 is 1.07 bits per heavy atom. The zero-order chi connectivity index (χ0) is 19.2. The molecular weight excluding hydrogens is 354 g/mol. The van der Waals surface area contributed by atoms with Gasteiger partial charge >= 0.3 is 0 Å². The fraction of sp³-hybridized carbons (Fsp3) is 0.105. The summed E-state index contributed by atoms with van der Waals surface area (Å²) in [6.45, 7) is 0.277. The predicted molar refractivity (Wildman–Crippen MR) is 95.8 cm³/mol. The molecule has 2 N–H and O–H groups in total. The molecule has 0 aliphatic rings. The van der Waals surface area contributed by atoms with Crippen molar-refractivity contribution in [2.75, 3.05) is 12.4 Å². The first-order chi connectivity index (χ1) is 13.1. The van der Waals surface area contributed by atoms with Crippen LogP contribution in [-0.2, 0) is 6.54 Å². The number of ether oxygens (including phenoxy) is 1. The Labute approximate surface area is 154 Å². The summed E-state index contributed by atoms with van der Waals surface area (Å²) in [7, 11) is 1.56. The Kier molecular flexibility index (Phi) is 5.55. The van der Waals surface area contributed by atoms with Gasteiger partial charge in [0, 0.05) is 23.9 Å². The van der Waals surface area contributed by atoms with Crippen molar-refractivity contribution in [1.82, 2.24) is 15.3 Å². The number of carbonyl (C=O) groups is 1. The van der Waals surface area contributed by atoms with Crippen LogP contribution in [0.1, 0.15) is 16.1 Å². The number of nitrogens with zero attached hydrogens (tertiary/aromatic N) is 2. The maximum atomic E-state index is 13.2. The van der Waals surface area contributed by atoms with Crippen molar-refractivity contribution in [3.63, 3.8) is 0 Å². The molecule has 3 aromatic rings. The molecule has 3 rings (SSSR count). The van der Waals surface area contributed by atoms with Crippen LogP contribution in [0.4, 0.5) is 20.3 Å². The number of anilines is 2. The molecule has 8 heteroatoms. The van der Waals surface area contributed by atoms with E-state index in [9.17, 15) is 13.6 Å². The molecule has 2 aromatic carbocycles. The molecule has 0 atom stereocenters. The molecule has 27 heavy (non-hydrogen) atoms. The summed E-state index contributed by atoms with van der Waals surface area (Å²) >= 11 is 0. The van der Waals surface area contributed by atoms with Gasteiger partial charge in [-0.15, -0.1) is 0 Å². The van der Waals surface area contributed by atoms with E-state index < -0.39 is 17.5 Å². The second-order valence-corrected chi connectivity index (χ2v) is 5.54. The lowest BCUT2D eigenvalue weighted by Crippen LogP contribution is -2.24. The monoisotopic (exact) mass is 370 g/mol. The molecule has 0 aliphatic heterocycles. The molecule has 0 saturated carbocycles. The van der Waals surface area contributed by atoms with Gasteiger partial charge in [0.2, 0.25) is 0 Å². The van der Waals surface area contributed by atoms with Crippen molar-refractivity contribution in [2.24, 2.45) is 0 Å². The summed E-state index contributed by atoms with van der Waals surface area (Å²) < 4.78 is 31.4. The number of carbonyl (C=O) groups excluding carboxylic acids is 1. The van der Waals surface area contributed by atoms with E-state index in [0.29, 0.717) is 17.3 Å². The van der Waals surface area contributed by atoms with Gasteiger partial charge in [-0.25, -0.2) is 18.7 Å².